The maximum Gasteiger partial charge on any atom is 0.414 e. The van der Waals surface area contributed by atoms with E-state index in [1.807, 2.05) is 0 Å². The number of rotatable bonds is 8. The minimum atomic E-state index is -2.22. The van der Waals surface area contributed by atoms with E-state index >= 15 is 0 Å². The third-order valence-electron chi connectivity index (χ3n) is 4.04. The highest BCUT2D eigenvalue weighted by molar-refractivity contribution is 5.95. The summed E-state index contributed by atoms with van der Waals surface area (Å²) in [4.78, 5) is 46.7. The van der Waals surface area contributed by atoms with Crippen LogP contribution in [0.25, 0.3) is 0 Å². The topological polar surface area (TPSA) is 136 Å². The average Bonchev–Trinajstić information content (AvgIpc) is 2.58. The van der Waals surface area contributed by atoms with Gasteiger partial charge in [-0.1, -0.05) is 0 Å². The smallest absolute Gasteiger partial charge is 0.414 e. The fourth-order valence-electron chi connectivity index (χ4n) is 2.75. The van der Waals surface area contributed by atoms with E-state index in [9.17, 15) is 38.4 Å². The van der Waals surface area contributed by atoms with Crippen molar-refractivity contribution >= 4 is 23.7 Å². The number of carbonyl (C=O) groups is 3. The Bertz CT molecular complexity index is 846. The number of hydrogen-bond acceptors (Lipinski definition) is 7. The van der Waals surface area contributed by atoms with Gasteiger partial charge < -0.3 is 14.6 Å². The number of anilines is 1. The second-order valence-corrected chi connectivity index (χ2v) is 7.55. The number of carboxylic acids is 1. The summed E-state index contributed by atoms with van der Waals surface area (Å²) < 4.78 is 39.4. The minimum Gasteiger partial charge on any atom is -0.481 e. The first-order valence-corrected chi connectivity index (χ1v) is 9.16. The molecule has 0 bridgehead atoms. The molecule has 1 amide bonds. The van der Waals surface area contributed by atoms with Crippen LogP contribution in [-0.4, -0.2) is 53.9 Å². The van der Waals surface area contributed by atoms with Gasteiger partial charge in [-0.3, -0.25) is 24.6 Å². The molecule has 0 radical (unpaired) electrons. The van der Waals surface area contributed by atoms with Gasteiger partial charge in [0.2, 0.25) is 6.54 Å². The summed E-state index contributed by atoms with van der Waals surface area (Å²) in [5, 5.41) is 20.4. The van der Waals surface area contributed by atoms with E-state index in [-0.39, 0.29) is 12.3 Å². The van der Waals surface area contributed by atoms with Crippen LogP contribution in [0.2, 0.25) is 0 Å². The maximum absolute atomic E-state index is 14.9. The van der Waals surface area contributed by atoms with Crippen LogP contribution in [0.15, 0.2) is 12.1 Å². The van der Waals surface area contributed by atoms with Crippen molar-refractivity contribution in [3.05, 3.63) is 39.4 Å². The van der Waals surface area contributed by atoms with Crippen LogP contribution in [0, 0.1) is 27.7 Å². The summed E-state index contributed by atoms with van der Waals surface area (Å²) in [5.41, 5.74) is -2.14. The van der Waals surface area contributed by atoms with E-state index in [2.05, 4.69) is 4.74 Å². The Morgan fingerprint density at radius 2 is 1.74 bits per heavy atom. The molecule has 0 aromatic heterocycles. The molecule has 31 heavy (non-hydrogen) atoms. The van der Waals surface area contributed by atoms with Gasteiger partial charge in [-0.15, -0.1) is 0 Å². The normalized spacial score (nSPS) is 13.1. The lowest BCUT2D eigenvalue weighted by Crippen LogP contribution is -2.36. The van der Waals surface area contributed by atoms with E-state index in [4.69, 9.17) is 4.74 Å². The molecule has 172 valence electrons. The summed E-state index contributed by atoms with van der Waals surface area (Å²) in [6.07, 6.45) is -0.921. The van der Waals surface area contributed by atoms with Crippen molar-refractivity contribution in [1.29, 1.82) is 0 Å². The van der Waals surface area contributed by atoms with E-state index in [1.165, 1.54) is 14.0 Å². The van der Waals surface area contributed by atoms with E-state index in [0.29, 0.717) is 12.1 Å². The number of nitrogens with zero attached hydrogens (tertiary/aromatic N) is 2. The zero-order chi connectivity index (χ0) is 24.1. The number of ether oxygens (including phenoxy) is 2. The molecule has 0 spiro atoms. The highest BCUT2D eigenvalue weighted by Crippen LogP contribution is 2.33. The number of esters is 1. The van der Waals surface area contributed by atoms with Gasteiger partial charge in [-0.05, 0) is 39.8 Å². The molecule has 1 rings (SSSR count). The van der Waals surface area contributed by atoms with E-state index in [1.54, 1.807) is 20.8 Å². The SMILES string of the molecule is CCOC(=O)C(C(=O)O)C(C[N+](=O)[O-])c1c(F)cc(N(C)C(=O)OC(C)(C)C)cc1F. The molecule has 0 fully saturated rings. The minimum absolute atomic E-state index is 0.238. The Morgan fingerprint density at radius 1 is 1.23 bits per heavy atom. The van der Waals surface area contributed by atoms with Gasteiger partial charge in [-0.2, -0.15) is 0 Å². The number of aliphatic carboxylic acids is 1. The number of benzene rings is 1. The van der Waals surface area contributed by atoms with Gasteiger partial charge in [0.1, 0.15) is 17.2 Å². The van der Waals surface area contributed by atoms with Crippen LogP contribution in [0.4, 0.5) is 19.3 Å². The Kier molecular flexibility index (Phi) is 8.41. The van der Waals surface area contributed by atoms with E-state index in [0.717, 1.165) is 4.90 Å². The fourth-order valence-corrected chi connectivity index (χ4v) is 2.75. The molecule has 1 aromatic rings. The highest BCUT2D eigenvalue weighted by Gasteiger charge is 2.43. The first kappa shape index (κ1) is 25.7. The van der Waals surface area contributed by atoms with Crippen molar-refractivity contribution in [2.75, 3.05) is 25.1 Å². The zero-order valence-electron chi connectivity index (χ0n) is 17.7. The predicted molar refractivity (Wildman–Crippen MR) is 103 cm³/mol. The van der Waals surface area contributed by atoms with Crippen LogP contribution in [-0.2, 0) is 19.1 Å². The Hall–Kier alpha value is -3.31. The van der Waals surface area contributed by atoms with Crippen molar-refractivity contribution in [2.45, 2.75) is 39.2 Å². The summed E-state index contributed by atoms with van der Waals surface area (Å²) in [6.45, 7) is 4.66. The highest BCUT2D eigenvalue weighted by atomic mass is 19.1. The quantitative estimate of drug-likeness (QED) is 0.279. The van der Waals surface area contributed by atoms with Gasteiger partial charge in [-0.25, -0.2) is 13.6 Å². The molecule has 2 atom stereocenters. The maximum atomic E-state index is 14.9. The van der Waals surface area contributed by atoms with Crippen LogP contribution in [0.5, 0.6) is 0 Å². The molecule has 0 heterocycles. The number of carboxylic acid groups (broad SMARTS) is 1. The Balaban J connectivity index is 3.48. The molecule has 0 aliphatic carbocycles. The molecular formula is C19H24F2N2O8. The molecule has 12 heteroatoms. The largest absolute Gasteiger partial charge is 0.481 e. The number of hydrogen-bond donors (Lipinski definition) is 1. The third-order valence-corrected chi connectivity index (χ3v) is 4.04. The second-order valence-electron chi connectivity index (χ2n) is 7.55. The molecule has 0 saturated carbocycles. The fraction of sp³-hybridized carbons (Fsp3) is 0.526. The molecular weight excluding hydrogens is 422 g/mol. The zero-order valence-corrected chi connectivity index (χ0v) is 17.7. The van der Waals surface area contributed by atoms with Crippen molar-refractivity contribution in [3.8, 4) is 0 Å². The van der Waals surface area contributed by atoms with Crippen LogP contribution < -0.4 is 4.90 Å². The van der Waals surface area contributed by atoms with Crippen LogP contribution in [0.3, 0.4) is 0 Å². The third kappa shape index (κ3) is 6.86. The van der Waals surface area contributed by atoms with Gasteiger partial charge in [0.05, 0.1) is 18.2 Å². The first-order chi connectivity index (χ1) is 14.2. The molecule has 10 nitrogen and oxygen atoms in total. The van der Waals surface area contributed by atoms with Crippen LogP contribution >= 0.6 is 0 Å². The van der Waals surface area contributed by atoms with Gasteiger partial charge in [0.25, 0.3) is 0 Å². The second kappa shape index (κ2) is 10.1. The molecule has 2 unspecified atom stereocenters. The lowest BCUT2D eigenvalue weighted by molar-refractivity contribution is -0.484. The van der Waals surface area contributed by atoms with Crippen molar-refractivity contribution in [3.63, 3.8) is 0 Å². The van der Waals surface area contributed by atoms with Crippen LogP contribution in [0.1, 0.15) is 39.2 Å². The van der Waals surface area contributed by atoms with Gasteiger partial charge >= 0.3 is 18.0 Å². The van der Waals surface area contributed by atoms with Gasteiger partial charge in [0, 0.05) is 17.5 Å². The molecule has 0 aliphatic rings. The lowest BCUT2D eigenvalue weighted by atomic mass is 9.85. The first-order valence-electron chi connectivity index (χ1n) is 9.16. The molecule has 1 N–H and O–H groups in total. The molecule has 1 aromatic carbocycles. The predicted octanol–water partition coefficient (Wildman–Crippen LogP) is 2.96. The molecule has 0 saturated heterocycles. The summed E-state index contributed by atoms with van der Waals surface area (Å²) in [6, 6.07) is 1.39. The van der Waals surface area contributed by atoms with Crippen molar-refractivity contribution < 1.29 is 42.7 Å². The van der Waals surface area contributed by atoms with Crippen molar-refractivity contribution in [1.82, 2.24) is 0 Å². The monoisotopic (exact) mass is 446 g/mol. The van der Waals surface area contributed by atoms with Gasteiger partial charge in [0.15, 0.2) is 5.92 Å². The summed E-state index contributed by atoms with van der Waals surface area (Å²) in [5.74, 6) is -10.1. The number of carbonyl (C=O) groups excluding carboxylic acids is 2. The standard InChI is InChI=1S/C19H24F2N2O8/c1-6-30-17(26)15(16(24)25)11(9-23(28)29)14-12(20)7-10(8-13(14)21)22(5)18(27)31-19(2,3)4/h7-8,11,15H,6,9H2,1-5H3,(H,24,25). The average molecular weight is 446 g/mol. The lowest BCUT2D eigenvalue weighted by Gasteiger charge is -2.26. The number of nitro groups is 1. The number of amides is 1. The summed E-state index contributed by atoms with van der Waals surface area (Å²) in [7, 11) is 1.19. The number of halogens is 2. The van der Waals surface area contributed by atoms with Crippen molar-refractivity contribution in [2.24, 2.45) is 5.92 Å². The Morgan fingerprint density at radius 3 is 2.13 bits per heavy atom. The Labute approximate surface area is 176 Å². The van der Waals surface area contributed by atoms with E-state index < -0.39 is 64.1 Å². The summed E-state index contributed by atoms with van der Waals surface area (Å²) >= 11 is 0. The molecule has 0 aliphatic heterocycles.